The Labute approximate surface area is 146 Å². The molecule has 0 aliphatic carbocycles. The Hall–Kier alpha value is -0.980. The van der Waals surface area contributed by atoms with Gasteiger partial charge in [-0.2, -0.15) is 0 Å². The van der Waals surface area contributed by atoms with Crippen LogP contribution in [0.25, 0.3) is 0 Å². The predicted octanol–water partition coefficient (Wildman–Crippen LogP) is 1.85. The average molecular weight is 338 g/mol. The van der Waals surface area contributed by atoms with Crippen molar-refractivity contribution in [2.75, 3.05) is 39.8 Å². The van der Waals surface area contributed by atoms with Crippen molar-refractivity contribution in [1.82, 2.24) is 24.8 Å². The molecular formula is C18H35N5O. The number of hydrogen-bond acceptors (Lipinski definition) is 5. The van der Waals surface area contributed by atoms with Crippen molar-refractivity contribution in [3.05, 3.63) is 11.9 Å². The second-order valence-corrected chi connectivity index (χ2v) is 7.53. The Morgan fingerprint density at radius 2 is 2.12 bits per heavy atom. The van der Waals surface area contributed by atoms with E-state index in [2.05, 4.69) is 40.2 Å². The zero-order chi connectivity index (χ0) is 17.4. The van der Waals surface area contributed by atoms with Crippen LogP contribution in [0.1, 0.15) is 45.2 Å². The van der Waals surface area contributed by atoms with Gasteiger partial charge in [0.15, 0.2) is 0 Å². The zero-order valence-electron chi connectivity index (χ0n) is 15.7. The number of aliphatic hydroxyl groups is 1. The van der Waals surface area contributed by atoms with E-state index in [4.69, 9.17) is 5.11 Å². The largest absolute Gasteiger partial charge is 0.395 e. The smallest absolute Gasteiger partial charge is 0.0967 e. The van der Waals surface area contributed by atoms with Crippen molar-refractivity contribution >= 4 is 0 Å². The van der Waals surface area contributed by atoms with Gasteiger partial charge in [0.1, 0.15) is 0 Å². The van der Waals surface area contributed by atoms with Crippen molar-refractivity contribution < 1.29 is 5.11 Å². The molecule has 0 saturated carbocycles. The molecule has 1 aliphatic heterocycles. The molecule has 138 valence electrons. The van der Waals surface area contributed by atoms with Crippen molar-refractivity contribution in [2.45, 2.75) is 52.6 Å². The van der Waals surface area contributed by atoms with Gasteiger partial charge in [-0.3, -0.25) is 9.58 Å². The normalized spacial score (nSPS) is 18.4. The number of rotatable bonds is 10. The standard InChI is InChI=1S/C18H35N5O/c1-4-5-16(2)12-22-8-6-17(7-9-22)13-23-15-18(19-20-23)14-21(3)10-11-24/h15-17,24H,4-14H2,1-3H3. The van der Waals surface area contributed by atoms with E-state index in [9.17, 15) is 0 Å². The molecule has 0 bridgehead atoms. The monoisotopic (exact) mass is 337 g/mol. The highest BCUT2D eigenvalue weighted by Crippen LogP contribution is 2.20. The van der Waals surface area contributed by atoms with Crippen LogP contribution in [0.15, 0.2) is 6.20 Å². The number of aromatic nitrogens is 3. The fourth-order valence-electron chi connectivity index (χ4n) is 3.67. The highest BCUT2D eigenvalue weighted by Gasteiger charge is 2.21. The maximum absolute atomic E-state index is 8.96. The molecule has 2 rings (SSSR count). The molecule has 0 spiro atoms. The maximum Gasteiger partial charge on any atom is 0.0967 e. The van der Waals surface area contributed by atoms with E-state index < -0.39 is 0 Å². The third-order valence-electron chi connectivity index (χ3n) is 5.00. The summed E-state index contributed by atoms with van der Waals surface area (Å²) >= 11 is 0. The fraction of sp³-hybridized carbons (Fsp3) is 0.889. The summed E-state index contributed by atoms with van der Waals surface area (Å²) in [4.78, 5) is 4.69. The lowest BCUT2D eigenvalue weighted by molar-refractivity contribution is 0.150. The molecule has 1 saturated heterocycles. The molecular weight excluding hydrogens is 302 g/mol. The second kappa shape index (κ2) is 10.1. The SMILES string of the molecule is CCCC(C)CN1CCC(Cn2cc(CN(C)CCO)nn2)CC1. The van der Waals surface area contributed by atoms with E-state index in [-0.39, 0.29) is 6.61 Å². The minimum atomic E-state index is 0.181. The summed E-state index contributed by atoms with van der Waals surface area (Å²) in [6, 6.07) is 0. The van der Waals surface area contributed by atoms with Gasteiger partial charge >= 0.3 is 0 Å². The van der Waals surface area contributed by atoms with E-state index >= 15 is 0 Å². The first-order valence-electron chi connectivity index (χ1n) is 9.51. The lowest BCUT2D eigenvalue weighted by Crippen LogP contribution is -2.37. The third-order valence-corrected chi connectivity index (χ3v) is 5.00. The molecule has 2 heterocycles. The Morgan fingerprint density at radius 1 is 1.38 bits per heavy atom. The molecule has 1 aromatic heterocycles. The molecule has 6 nitrogen and oxygen atoms in total. The number of aliphatic hydroxyl groups excluding tert-OH is 1. The van der Waals surface area contributed by atoms with Crippen molar-refractivity contribution in [1.29, 1.82) is 0 Å². The minimum absolute atomic E-state index is 0.181. The highest BCUT2D eigenvalue weighted by atomic mass is 16.3. The van der Waals surface area contributed by atoms with Crippen molar-refractivity contribution in [3.8, 4) is 0 Å². The van der Waals surface area contributed by atoms with Crippen LogP contribution in [0.3, 0.4) is 0 Å². The maximum atomic E-state index is 8.96. The fourth-order valence-corrected chi connectivity index (χ4v) is 3.67. The summed E-state index contributed by atoms with van der Waals surface area (Å²) in [5, 5.41) is 17.5. The van der Waals surface area contributed by atoms with Crippen LogP contribution in [0.5, 0.6) is 0 Å². The van der Waals surface area contributed by atoms with Gasteiger partial charge in [-0.15, -0.1) is 5.10 Å². The lowest BCUT2D eigenvalue weighted by Gasteiger charge is -2.33. The van der Waals surface area contributed by atoms with Gasteiger partial charge in [0.2, 0.25) is 0 Å². The van der Waals surface area contributed by atoms with Gasteiger partial charge in [-0.05, 0) is 51.2 Å². The Kier molecular flexibility index (Phi) is 8.15. The summed E-state index contributed by atoms with van der Waals surface area (Å²) < 4.78 is 2.00. The Bertz CT molecular complexity index is 456. The summed E-state index contributed by atoms with van der Waals surface area (Å²) in [6.45, 7) is 10.9. The molecule has 24 heavy (non-hydrogen) atoms. The van der Waals surface area contributed by atoms with Gasteiger partial charge in [0.25, 0.3) is 0 Å². The number of nitrogens with zero attached hydrogens (tertiary/aromatic N) is 5. The average Bonchev–Trinajstić information content (AvgIpc) is 2.96. The Balaban J connectivity index is 1.71. The molecule has 6 heteroatoms. The molecule has 0 aromatic carbocycles. The molecule has 1 unspecified atom stereocenters. The third kappa shape index (κ3) is 6.49. The van der Waals surface area contributed by atoms with Crippen LogP contribution in [-0.2, 0) is 13.1 Å². The first-order chi connectivity index (χ1) is 11.6. The van der Waals surface area contributed by atoms with Gasteiger partial charge in [-0.1, -0.05) is 25.5 Å². The molecule has 0 radical (unpaired) electrons. The van der Waals surface area contributed by atoms with Gasteiger partial charge in [0, 0.05) is 32.4 Å². The van der Waals surface area contributed by atoms with Gasteiger partial charge in [0.05, 0.1) is 12.3 Å². The molecule has 1 fully saturated rings. The van der Waals surface area contributed by atoms with Gasteiger partial charge in [-0.25, -0.2) is 0 Å². The van der Waals surface area contributed by atoms with Crippen LogP contribution in [-0.4, -0.2) is 69.7 Å². The first kappa shape index (κ1) is 19.3. The van der Waals surface area contributed by atoms with E-state index in [0.29, 0.717) is 12.5 Å². The molecule has 0 amide bonds. The molecule has 1 N–H and O–H groups in total. The van der Waals surface area contributed by atoms with Crippen LogP contribution in [0, 0.1) is 11.8 Å². The number of likely N-dealkylation sites (tertiary alicyclic amines) is 1. The van der Waals surface area contributed by atoms with E-state index in [1.807, 2.05) is 11.7 Å². The number of hydrogen-bond donors (Lipinski definition) is 1. The number of likely N-dealkylation sites (N-methyl/N-ethyl adjacent to an activating group) is 1. The Morgan fingerprint density at radius 3 is 2.79 bits per heavy atom. The summed E-state index contributed by atoms with van der Waals surface area (Å²) in [6.07, 6.45) is 7.21. The molecule has 1 aliphatic rings. The van der Waals surface area contributed by atoms with Gasteiger partial charge < -0.3 is 10.0 Å². The summed E-state index contributed by atoms with van der Waals surface area (Å²) in [7, 11) is 1.99. The summed E-state index contributed by atoms with van der Waals surface area (Å²) in [5.74, 6) is 1.53. The molecule has 1 atom stereocenters. The second-order valence-electron chi connectivity index (χ2n) is 7.53. The quantitative estimate of drug-likeness (QED) is 0.706. The van der Waals surface area contributed by atoms with E-state index in [1.165, 1.54) is 45.3 Å². The van der Waals surface area contributed by atoms with Crippen LogP contribution >= 0.6 is 0 Å². The first-order valence-corrected chi connectivity index (χ1v) is 9.51. The van der Waals surface area contributed by atoms with E-state index in [0.717, 1.165) is 24.7 Å². The topological polar surface area (TPSA) is 57.4 Å². The van der Waals surface area contributed by atoms with Crippen LogP contribution in [0.2, 0.25) is 0 Å². The van der Waals surface area contributed by atoms with E-state index in [1.54, 1.807) is 0 Å². The van der Waals surface area contributed by atoms with Crippen LogP contribution in [0.4, 0.5) is 0 Å². The highest BCUT2D eigenvalue weighted by molar-refractivity contribution is 4.92. The summed E-state index contributed by atoms with van der Waals surface area (Å²) in [5.41, 5.74) is 0.983. The van der Waals surface area contributed by atoms with Crippen LogP contribution < -0.4 is 0 Å². The predicted molar refractivity (Wildman–Crippen MR) is 96.7 cm³/mol. The number of piperidine rings is 1. The van der Waals surface area contributed by atoms with Crippen molar-refractivity contribution in [3.63, 3.8) is 0 Å². The van der Waals surface area contributed by atoms with Crippen molar-refractivity contribution in [2.24, 2.45) is 11.8 Å². The lowest BCUT2D eigenvalue weighted by atomic mass is 9.95. The zero-order valence-corrected chi connectivity index (χ0v) is 15.7. The minimum Gasteiger partial charge on any atom is -0.395 e. The molecule has 1 aromatic rings.